The normalized spacial score (nSPS) is 14.1. The molecule has 3 aromatic carbocycles. The SMILES string of the molecule is CCOc1cc(C=C2SC(=S)N(c3cccc(C(=O)O)c3)C2=O)ccc1OCc1ccccc1C#N. The van der Waals surface area contributed by atoms with Crippen LogP contribution in [0.15, 0.2) is 71.6 Å². The molecule has 9 heteroatoms. The third-order valence-electron chi connectivity index (χ3n) is 5.23. The van der Waals surface area contributed by atoms with E-state index >= 15 is 0 Å². The summed E-state index contributed by atoms with van der Waals surface area (Å²) < 4.78 is 12.0. The summed E-state index contributed by atoms with van der Waals surface area (Å²) in [7, 11) is 0. The van der Waals surface area contributed by atoms with E-state index in [0.717, 1.165) is 17.3 Å². The lowest BCUT2D eigenvalue weighted by atomic mass is 10.1. The second-order valence-corrected chi connectivity index (χ2v) is 9.25. The van der Waals surface area contributed by atoms with Crippen molar-refractivity contribution in [1.29, 1.82) is 5.26 Å². The predicted molar refractivity (Wildman–Crippen MR) is 142 cm³/mol. The second-order valence-electron chi connectivity index (χ2n) is 7.57. The van der Waals surface area contributed by atoms with E-state index in [1.165, 1.54) is 17.0 Å². The van der Waals surface area contributed by atoms with E-state index < -0.39 is 5.97 Å². The van der Waals surface area contributed by atoms with Gasteiger partial charge in [-0.3, -0.25) is 9.69 Å². The third-order valence-corrected chi connectivity index (χ3v) is 6.53. The Bertz CT molecular complexity index is 1430. The van der Waals surface area contributed by atoms with E-state index in [1.54, 1.807) is 48.5 Å². The molecule has 1 N–H and O–H groups in total. The smallest absolute Gasteiger partial charge is 0.335 e. The molecule has 7 nitrogen and oxygen atoms in total. The van der Waals surface area contributed by atoms with E-state index in [9.17, 15) is 20.0 Å². The predicted octanol–water partition coefficient (Wildman–Crippen LogP) is 5.64. The molecule has 0 spiro atoms. The van der Waals surface area contributed by atoms with Crippen molar-refractivity contribution in [3.8, 4) is 17.6 Å². The number of hydrogen-bond acceptors (Lipinski definition) is 7. The fourth-order valence-corrected chi connectivity index (χ4v) is 4.83. The molecule has 0 bridgehead atoms. The number of carbonyl (C=O) groups excluding carboxylic acids is 1. The number of aromatic carboxylic acids is 1. The molecule has 180 valence electrons. The first-order chi connectivity index (χ1) is 17.4. The minimum absolute atomic E-state index is 0.0693. The lowest BCUT2D eigenvalue weighted by Crippen LogP contribution is -2.27. The van der Waals surface area contributed by atoms with Crippen molar-refractivity contribution in [2.75, 3.05) is 11.5 Å². The first kappa shape index (κ1) is 25.0. The minimum atomic E-state index is -1.08. The summed E-state index contributed by atoms with van der Waals surface area (Å²) >= 11 is 6.54. The van der Waals surface area contributed by atoms with Crippen LogP contribution in [0.25, 0.3) is 6.08 Å². The Balaban J connectivity index is 1.57. The van der Waals surface area contributed by atoms with Crippen molar-refractivity contribution in [1.82, 2.24) is 0 Å². The van der Waals surface area contributed by atoms with Gasteiger partial charge in [-0.2, -0.15) is 5.26 Å². The molecule has 0 radical (unpaired) electrons. The summed E-state index contributed by atoms with van der Waals surface area (Å²) in [5.74, 6) is -0.399. The lowest BCUT2D eigenvalue weighted by Gasteiger charge is -2.15. The van der Waals surface area contributed by atoms with Gasteiger partial charge in [0.25, 0.3) is 5.91 Å². The monoisotopic (exact) mass is 516 g/mol. The van der Waals surface area contributed by atoms with Crippen LogP contribution in [-0.4, -0.2) is 27.9 Å². The van der Waals surface area contributed by atoms with Crippen LogP contribution >= 0.6 is 24.0 Å². The molecule has 4 rings (SSSR count). The quantitative estimate of drug-likeness (QED) is 0.303. The summed E-state index contributed by atoms with van der Waals surface area (Å²) in [5.41, 5.74) is 2.49. The number of carbonyl (C=O) groups is 2. The van der Waals surface area contributed by atoms with Crippen molar-refractivity contribution >= 4 is 51.9 Å². The van der Waals surface area contributed by atoms with Gasteiger partial charge in [-0.25, -0.2) is 4.79 Å². The molecule has 1 saturated heterocycles. The molecule has 0 atom stereocenters. The zero-order chi connectivity index (χ0) is 25.7. The fourth-order valence-electron chi connectivity index (χ4n) is 3.53. The summed E-state index contributed by atoms with van der Waals surface area (Å²) in [5, 5.41) is 18.6. The number of thioether (sulfide) groups is 1. The Hall–Kier alpha value is -4.13. The van der Waals surface area contributed by atoms with Gasteiger partial charge in [0.1, 0.15) is 6.61 Å². The van der Waals surface area contributed by atoms with Gasteiger partial charge >= 0.3 is 5.97 Å². The Kier molecular flexibility index (Phi) is 7.68. The summed E-state index contributed by atoms with van der Waals surface area (Å²) in [6, 6.07) is 20.8. The standard InChI is InChI=1S/C27H20N2O5S2/c1-2-33-23-12-17(10-11-22(23)34-16-20-7-4-3-6-19(20)15-28)13-24-25(30)29(27(35)36-24)21-9-5-8-18(14-21)26(31)32/h3-14H,2,16H2,1H3,(H,31,32). The van der Waals surface area contributed by atoms with Crippen LogP contribution < -0.4 is 14.4 Å². The highest BCUT2D eigenvalue weighted by atomic mass is 32.2. The van der Waals surface area contributed by atoms with E-state index in [-0.39, 0.29) is 18.1 Å². The Morgan fingerprint density at radius 1 is 1.11 bits per heavy atom. The molecule has 0 aliphatic carbocycles. The van der Waals surface area contributed by atoms with E-state index in [4.69, 9.17) is 21.7 Å². The number of amides is 1. The Morgan fingerprint density at radius 3 is 2.67 bits per heavy atom. The molecule has 1 fully saturated rings. The summed E-state index contributed by atoms with van der Waals surface area (Å²) in [6.07, 6.45) is 1.71. The van der Waals surface area contributed by atoms with Crippen LogP contribution in [0.1, 0.15) is 34.0 Å². The topological polar surface area (TPSA) is 99.9 Å². The molecule has 0 unspecified atom stereocenters. The van der Waals surface area contributed by atoms with Gasteiger partial charge in [-0.1, -0.05) is 54.3 Å². The van der Waals surface area contributed by atoms with Crippen molar-refractivity contribution in [2.24, 2.45) is 0 Å². The van der Waals surface area contributed by atoms with Crippen molar-refractivity contribution in [2.45, 2.75) is 13.5 Å². The highest BCUT2D eigenvalue weighted by Crippen LogP contribution is 2.37. The lowest BCUT2D eigenvalue weighted by molar-refractivity contribution is -0.113. The van der Waals surface area contributed by atoms with Crippen LogP contribution in [0.5, 0.6) is 11.5 Å². The number of anilines is 1. The maximum atomic E-state index is 13.1. The van der Waals surface area contributed by atoms with Crippen LogP contribution in [0.3, 0.4) is 0 Å². The molecular formula is C27H20N2O5S2. The van der Waals surface area contributed by atoms with Gasteiger partial charge in [0.2, 0.25) is 0 Å². The number of hydrogen-bond donors (Lipinski definition) is 1. The number of thiocarbonyl (C=S) groups is 1. The van der Waals surface area contributed by atoms with E-state index in [0.29, 0.717) is 44.1 Å². The van der Waals surface area contributed by atoms with Gasteiger partial charge in [-0.05, 0) is 55.0 Å². The van der Waals surface area contributed by atoms with Gasteiger partial charge in [0.15, 0.2) is 15.8 Å². The van der Waals surface area contributed by atoms with E-state index in [1.807, 2.05) is 19.1 Å². The highest BCUT2D eigenvalue weighted by molar-refractivity contribution is 8.27. The first-order valence-electron chi connectivity index (χ1n) is 10.9. The molecule has 0 saturated carbocycles. The van der Waals surface area contributed by atoms with Gasteiger partial charge in [0.05, 0.1) is 34.4 Å². The largest absolute Gasteiger partial charge is 0.490 e. The second kappa shape index (κ2) is 11.1. The van der Waals surface area contributed by atoms with Crippen molar-refractivity contribution < 1.29 is 24.2 Å². The fraction of sp³-hybridized carbons (Fsp3) is 0.111. The number of ether oxygens (including phenoxy) is 2. The average Bonchev–Trinajstić information content (AvgIpc) is 3.16. The highest BCUT2D eigenvalue weighted by Gasteiger charge is 2.33. The molecule has 36 heavy (non-hydrogen) atoms. The first-order valence-corrected chi connectivity index (χ1v) is 12.1. The zero-order valence-corrected chi connectivity index (χ0v) is 20.8. The van der Waals surface area contributed by atoms with Gasteiger partial charge in [0, 0.05) is 5.56 Å². The number of rotatable bonds is 8. The van der Waals surface area contributed by atoms with Crippen molar-refractivity contribution in [3.05, 3.63) is 93.9 Å². The molecule has 1 aliphatic rings. The number of nitrogens with zero attached hydrogens (tertiary/aromatic N) is 2. The third kappa shape index (κ3) is 5.40. The number of benzene rings is 3. The molecule has 1 amide bonds. The zero-order valence-electron chi connectivity index (χ0n) is 19.1. The van der Waals surface area contributed by atoms with Crippen LogP contribution in [0.4, 0.5) is 5.69 Å². The van der Waals surface area contributed by atoms with Gasteiger partial charge < -0.3 is 14.6 Å². The van der Waals surface area contributed by atoms with Gasteiger partial charge in [-0.15, -0.1) is 0 Å². The summed E-state index contributed by atoms with van der Waals surface area (Å²) in [4.78, 5) is 26.2. The van der Waals surface area contributed by atoms with E-state index in [2.05, 4.69) is 6.07 Å². The van der Waals surface area contributed by atoms with Crippen LogP contribution in [0.2, 0.25) is 0 Å². The molecule has 0 aromatic heterocycles. The molecule has 1 heterocycles. The molecular weight excluding hydrogens is 496 g/mol. The van der Waals surface area contributed by atoms with Crippen molar-refractivity contribution in [3.63, 3.8) is 0 Å². The Labute approximate surface area is 217 Å². The summed E-state index contributed by atoms with van der Waals surface area (Å²) in [6.45, 7) is 2.48. The number of carboxylic acid groups (broad SMARTS) is 1. The van der Waals surface area contributed by atoms with Crippen LogP contribution in [0, 0.1) is 11.3 Å². The number of nitriles is 1. The number of carboxylic acids is 1. The Morgan fingerprint density at radius 2 is 1.92 bits per heavy atom. The van der Waals surface area contributed by atoms with Crippen LogP contribution in [-0.2, 0) is 11.4 Å². The molecule has 1 aliphatic heterocycles. The molecule has 3 aromatic rings. The maximum absolute atomic E-state index is 13.1. The minimum Gasteiger partial charge on any atom is -0.490 e. The average molecular weight is 517 g/mol. The maximum Gasteiger partial charge on any atom is 0.335 e.